The number of anilines is 1. The molecule has 0 aliphatic carbocycles. The molecule has 0 saturated carbocycles. The third-order valence-corrected chi connectivity index (χ3v) is 4.79. The van der Waals surface area contributed by atoms with Crippen molar-refractivity contribution < 1.29 is 14.0 Å². The highest BCUT2D eigenvalue weighted by Gasteiger charge is 2.15. The Morgan fingerprint density at radius 2 is 2.06 bits per heavy atom. The minimum Gasteiger partial charge on any atom is -0.461 e. The summed E-state index contributed by atoms with van der Waals surface area (Å²) >= 11 is 6.39. The van der Waals surface area contributed by atoms with E-state index in [1.807, 2.05) is 19.9 Å². The molecular formula is C22H20ClN5O3. The van der Waals surface area contributed by atoms with Crippen LogP contribution in [-0.4, -0.2) is 32.8 Å². The van der Waals surface area contributed by atoms with Gasteiger partial charge in [-0.2, -0.15) is 0 Å². The first kappa shape index (κ1) is 20.6. The molecule has 1 aromatic carbocycles. The zero-order chi connectivity index (χ0) is 22.0. The molecule has 3 aromatic heterocycles. The van der Waals surface area contributed by atoms with Crippen LogP contribution in [-0.2, 0) is 6.42 Å². The van der Waals surface area contributed by atoms with Crippen LogP contribution in [0.4, 0.5) is 10.5 Å². The van der Waals surface area contributed by atoms with Gasteiger partial charge in [0.2, 0.25) is 5.78 Å². The average Bonchev–Trinajstić information content (AvgIpc) is 3.38. The van der Waals surface area contributed by atoms with Gasteiger partial charge in [-0.25, -0.2) is 14.8 Å². The highest BCUT2D eigenvalue weighted by molar-refractivity contribution is 6.33. The minimum absolute atomic E-state index is 0.0181. The fraction of sp³-hybridized carbons (Fsp3) is 0.182. The van der Waals surface area contributed by atoms with Crippen LogP contribution in [0.5, 0.6) is 0 Å². The number of hydrogen-bond donors (Lipinski definition) is 3. The van der Waals surface area contributed by atoms with E-state index in [9.17, 15) is 9.59 Å². The number of furan rings is 1. The number of H-pyrrole nitrogens is 1. The van der Waals surface area contributed by atoms with Crippen LogP contribution in [0.2, 0.25) is 5.02 Å². The maximum atomic E-state index is 12.3. The first-order valence-electron chi connectivity index (χ1n) is 9.68. The fourth-order valence-corrected chi connectivity index (χ4v) is 3.31. The molecule has 0 aliphatic heterocycles. The molecule has 9 heteroatoms. The van der Waals surface area contributed by atoms with E-state index in [-0.39, 0.29) is 24.3 Å². The largest absolute Gasteiger partial charge is 0.461 e. The maximum Gasteiger partial charge on any atom is 0.319 e. The van der Waals surface area contributed by atoms with Crippen molar-refractivity contribution in [1.29, 1.82) is 0 Å². The molecule has 0 radical (unpaired) electrons. The first-order valence-corrected chi connectivity index (χ1v) is 10.1. The quantitative estimate of drug-likeness (QED) is 0.374. The summed E-state index contributed by atoms with van der Waals surface area (Å²) in [4.78, 5) is 36.2. The number of aromatic amines is 1. The van der Waals surface area contributed by atoms with Crippen LogP contribution in [0.15, 0.2) is 53.3 Å². The van der Waals surface area contributed by atoms with E-state index in [2.05, 4.69) is 25.6 Å². The van der Waals surface area contributed by atoms with Crippen LogP contribution >= 0.6 is 11.6 Å². The lowest BCUT2D eigenvalue weighted by Gasteiger charge is -2.09. The smallest absolute Gasteiger partial charge is 0.319 e. The van der Waals surface area contributed by atoms with Gasteiger partial charge < -0.3 is 20.0 Å². The van der Waals surface area contributed by atoms with Gasteiger partial charge >= 0.3 is 6.03 Å². The second-order valence-corrected chi connectivity index (χ2v) is 7.73. The lowest BCUT2D eigenvalue weighted by molar-refractivity contribution is 0.0966. The number of Topliss-reactive ketones (excluding diaryl/α,β-unsaturated/α-hetero) is 1. The highest BCUT2D eigenvalue weighted by atomic mass is 35.5. The number of urea groups is 1. The van der Waals surface area contributed by atoms with Gasteiger partial charge in [-0.1, -0.05) is 17.7 Å². The maximum absolute atomic E-state index is 12.3. The number of benzene rings is 1. The Hall–Kier alpha value is -3.65. The van der Waals surface area contributed by atoms with Gasteiger partial charge in [0, 0.05) is 18.0 Å². The van der Waals surface area contributed by atoms with E-state index >= 15 is 0 Å². The van der Waals surface area contributed by atoms with Crippen molar-refractivity contribution in [2.45, 2.75) is 26.3 Å². The predicted molar refractivity (Wildman–Crippen MR) is 118 cm³/mol. The van der Waals surface area contributed by atoms with Crippen molar-refractivity contribution in [2.24, 2.45) is 0 Å². The number of ketones is 1. The summed E-state index contributed by atoms with van der Waals surface area (Å²) in [6.45, 7) is 3.75. The van der Waals surface area contributed by atoms with E-state index in [4.69, 9.17) is 16.0 Å². The Labute approximate surface area is 183 Å². The molecular weight excluding hydrogens is 418 g/mol. The number of pyridine rings is 1. The summed E-state index contributed by atoms with van der Waals surface area (Å²) in [5.74, 6) is 0.703. The molecule has 0 bridgehead atoms. The van der Waals surface area contributed by atoms with E-state index in [0.717, 1.165) is 5.56 Å². The molecule has 31 heavy (non-hydrogen) atoms. The fourth-order valence-electron chi connectivity index (χ4n) is 3.10. The monoisotopic (exact) mass is 437 g/mol. The number of carbonyl (C=O) groups excluding carboxylic acids is 2. The molecule has 4 aromatic rings. The van der Waals surface area contributed by atoms with Crippen molar-refractivity contribution in [3.05, 3.63) is 65.2 Å². The summed E-state index contributed by atoms with van der Waals surface area (Å²) in [5.41, 5.74) is 3.09. The average molecular weight is 438 g/mol. The van der Waals surface area contributed by atoms with Crippen LogP contribution in [0.1, 0.15) is 30.0 Å². The summed E-state index contributed by atoms with van der Waals surface area (Å²) in [7, 11) is 0. The lowest BCUT2D eigenvalue weighted by Crippen LogP contribution is -2.34. The number of nitrogens with zero attached hydrogens (tertiary/aromatic N) is 2. The van der Waals surface area contributed by atoms with Gasteiger partial charge in [0.1, 0.15) is 5.82 Å². The molecule has 3 N–H and O–H groups in total. The van der Waals surface area contributed by atoms with E-state index in [1.165, 1.54) is 12.5 Å². The Balaban J connectivity index is 1.59. The Morgan fingerprint density at radius 1 is 1.23 bits per heavy atom. The molecule has 4 rings (SSSR count). The van der Waals surface area contributed by atoms with Gasteiger partial charge in [-0.05, 0) is 49.7 Å². The summed E-state index contributed by atoms with van der Waals surface area (Å²) in [6, 6.07) is 10.1. The number of rotatable bonds is 6. The number of imidazole rings is 1. The van der Waals surface area contributed by atoms with Crippen molar-refractivity contribution in [1.82, 2.24) is 20.3 Å². The molecule has 0 unspecified atom stereocenters. The molecule has 0 saturated heterocycles. The Bertz CT molecular complexity index is 1250. The van der Waals surface area contributed by atoms with Crippen molar-refractivity contribution >= 4 is 40.3 Å². The lowest BCUT2D eigenvalue weighted by atomic mass is 10.0. The summed E-state index contributed by atoms with van der Waals surface area (Å²) in [5, 5.41) is 5.98. The normalized spacial score (nSPS) is 11.1. The zero-order valence-corrected chi connectivity index (χ0v) is 17.7. The third kappa shape index (κ3) is 4.75. The van der Waals surface area contributed by atoms with Crippen molar-refractivity contribution in [2.75, 3.05) is 5.32 Å². The minimum atomic E-state index is -0.312. The predicted octanol–water partition coefficient (Wildman–Crippen LogP) is 4.83. The first-order chi connectivity index (χ1) is 14.9. The number of hydrogen-bond acceptors (Lipinski definition) is 5. The highest BCUT2D eigenvalue weighted by Crippen LogP contribution is 2.29. The zero-order valence-electron chi connectivity index (χ0n) is 16.9. The van der Waals surface area contributed by atoms with Crippen LogP contribution in [0.3, 0.4) is 0 Å². The van der Waals surface area contributed by atoms with E-state index in [1.54, 1.807) is 30.3 Å². The van der Waals surface area contributed by atoms with Gasteiger partial charge in [0.25, 0.3) is 0 Å². The number of nitrogens with one attached hydrogen (secondary N) is 3. The standard InChI is InChI=1S/C22H20ClN5O3/c1-12(2)25-22(30)26-14-10-17-21(24-11-14)28-20(27-17)15-8-13(5-6-16(15)23)9-18(29)19-4-3-7-31-19/h3-8,10-12H,9H2,1-2H3,(H,24,27,28)(H2,25,26,30). The molecule has 0 atom stereocenters. The van der Waals surface area contributed by atoms with Gasteiger partial charge in [0.05, 0.1) is 28.7 Å². The topological polar surface area (TPSA) is 113 Å². The Morgan fingerprint density at radius 3 is 2.81 bits per heavy atom. The molecule has 3 heterocycles. The number of amides is 2. The molecule has 0 fully saturated rings. The molecule has 0 aliphatic rings. The number of halogens is 1. The van der Waals surface area contributed by atoms with E-state index < -0.39 is 0 Å². The Kier molecular flexibility index (Phi) is 5.73. The van der Waals surface area contributed by atoms with Crippen LogP contribution < -0.4 is 10.6 Å². The second kappa shape index (κ2) is 8.61. The third-order valence-electron chi connectivity index (χ3n) is 4.46. The number of aromatic nitrogens is 3. The molecule has 0 spiro atoms. The van der Waals surface area contributed by atoms with Crippen LogP contribution in [0.25, 0.3) is 22.6 Å². The van der Waals surface area contributed by atoms with Gasteiger partial charge in [-0.3, -0.25) is 4.79 Å². The number of carbonyl (C=O) groups is 2. The van der Waals surface area contributed by atoms with Gasteiger partial charge in [-0.15, -0.1) is 0 Å². The molecule has 2 amide bonds. The molecule has 8 nitrogen and oxygen atoms in total. The van der Waals surface area contributed by atoms with Crippen LogP contribution in [0, 0.1) is 0 Å². The van der Waals surface area contributed by atoms with Gasteiger partial charge in [0.15, 0.2) is 11.4 Å². The van der Waals surface area contributed by atoms with Crippen molar-refractivity contribution in [3.8, 4) is 11.4 Å². The summed E-state index contributed by atoms with van der Waals surface area (Å²) in [6.07, 6.45) is 3.18. The SMILES string of the molecule is CC(C)NC(=O)Nc1cnc2nc(-c3cc(CC(=O)c4ccco4)ccc3Cl)[nH]c2c1. The number of fused-ring (bicyclic) bond motifs is 1. The van der Waals surface area contributed by atoms with Crippen molar-refractivity contribution in [3.63, 3.8) is 0 Å². The molecule has 158 valence electrons. The van der Waals surface area contributed by atoms with E-state index in [0.29, 0.717) is 39.0 Å². The summed E-state index contributed by atoms with van der Waals surface area (Å²) < 4.78 is 5.17. The second-order valence-electron chi connectivity index (χ2n) is 7.33.